The highest BCUT2D eigenvalue weighted by atomic mass is 32.2. The molecule has 1 rings (SSSR count). The maximum absolute atomic E-state index is 13.3. The van der Waals surface area contributed by atoms with E-state index in [1.807, 2.05) is 20.1 Å². The van der Waals surface area contributed by atoms with Crippen LogP contribution in [0, 0.1) is 17.5 Å². The van der Waals surface area contributed by atoms with Crippen LogP contribution < -0.4 is 5.32 Å². The molecule has 0 atom stereocenters. The summed E-state index contributed by atoms with van der Waals surface area (Å²) in [4.78, 5) is 11.6. The molecule has 0 spiro atoms. The molecule has 19 heavy (non-hydrogen) atoms. The summed E-state index contributed by atoms with van der Waals surface area (Å²) < 4.78 is 38.9. The third-order valence-corrected chi connectivity index (χ3v) is 3.95. The monoisotopic (exact) mass is 291 g/mol. The van der Waals surface area contributed by atoms with Crippen molar-refractivity contribution in [2.75, 3.05) is 12.8 Å². The van der Waals surface area contributed by atoms with Gasteiger partial charge in [-0.25, -0.2) is 13.2 Å². The summed E-state index contributed by atoms with van der Waals surface area (Å²) >= 11 is 1.58. The summed E-state index contributed by atoms with van der Waals surface area (Å²) in [5, 5.41) is 2.64. The lowest BCUT2D eigenvalue weighted by molar-refractivity contribution is -0.120. The molecule has 0 bridgehead atoms. The second kappa shape index (κ2) is 6.32. The number of amides is 1. The molecule has 6 heteroatoms. The third-order valence-electron chi connectivity index (χ3n) is 2.70. The van der Waals surface area contributed by atoms with E-state index in [-0.39, 0.29) is 16.7 Å². The van der Waals surface area contributed by atoms with E-state index in [9.17, 15) is 18.0 Å². The van der Waals surface area contributed by atoms with Crippen LogP contribution in [0.3, 0.4) is 0 Å². The smallest absolute Gasteiger partial charge is 0.224 e. The standard InChI is InChI=1S/C13H16F3NOS/c1-13(2,19-3)7-17-12(18)5-8-4-10(15)11(16)6-9(8)14/h4,6H,5,7H2,1-3H3,(H,17,18). The van der Waals surface area contributed by atoms with E-state index in [4.69, 9.17) is 0 Å². The zero-order valence-electron chi connectivity index (χ0n) is 11.0. The van der Waals surface area contributed by atoms with Crippen molar-refractivity contribution in [3.63, 3.8) is 0 Å². The Morgan fingerprint density at radius 1 is 1.21 bits per heavy atom. The highest BCUT2D eigenvalue weighted by Gasteiger charge is 2.18. The van der Waals surface area contributed by atoms with Gasteiger partial charge in [0.25, 0.3) is 0 Å². The summed E-state index contributed by atoms with van der Waals surface area (Å²) in [5.41, 5.74) is -0.154. The van der Waals surface area contributed by atoms with Crippen molar-refractivity contribution in [2.24, 2.45) is 0 Å². The fourth-order valence-electron chi connectivity index (χ4n) is 1.32. The Kier molecular flexibility index (Phi) is 5.29. The summed E-state index contributed by atoms with van der Waals surface area (Å²) in [6, 6.07) is 1.16. The Bertz CT molecular complexity index is 477. The molecule has 0 saturated carbocycles. The Hall–Kier alpha value is -1.17. The molecule has 1 aromatic rings. The van der Waals surface area contributed by atoms with Crippen LogP contribution in [-0.2, 0) is 11.2 Å². The van der Waals surface area contributed by atoms with E-state index in [1.165, 1.54) is 0 Å². The number of carbonyl (C=O) groups is 1. The van der Waals surface area contributed by atoms with Crippen LogP contribution in [0.5, 0.6) is 0 Å². The van der Waals surface area contributed by atoms with Gasteiger partial charge in [-0.1, -0.05) is 0 Å². The van der Waals surface area contributed by atoms with Crippen molar-refractivity contribution in [2.45, 2.75) is 25.0 Å². The topological polar surface area (TPSA) is 29.1 Å². The predicted molar refractivity (Wildman–Crippen MR) is 70.6 cm³/mol. The number of thioether (sulfide) groups is 1. The highest BCUT2D eigenvalue weighted by molar-refractivity contribution is 7.99. The van der Waals surface area contributed by atoms with Gasteiger partial charge >= 0.3 is 0 Å². The van der Waals surface area contributed by atoms with Crippen molar-refractivity contribution >= 4 is 17.7 Å². The molecule has 0 aromatic heterocycles. The lowest BCUT2D eigenvalue weighted by Gasteiger charge is -2.22. The van der Waals surface area contributed by atoms with Gasteiger partial charge in [0, 0.05) is 22.9 Å². The van der Waals surface area contributed by atoms with E-state index < -0.39 is 23.4 Å². The van der Waals surface area contributed by atoms with Gasteiger partial charge in [-0.3, -0.25) is 4.79 Å². The summed E-state index contributed by atoms with van der Waals surface area (Å²) in [7, 11) is 0. The number of hydrogen-bond donors (Lipinski definition) is 1. The third kappa shape index (κ3) is 4.78. The van der Waals surface area contributed by atoms with Gasteiger partial charge in [0.05, 0.1) is 6.42 Å². The molecular weight excluding hydrogens is 275 g/mol. The second-order valence-corrected chi connectivity index (χ2v) is 6.29. The van der Waals surface area contributed by atoms with Gasteiger partial charge in [0.2, 0.25) is 5.91 Å². The van der Waals surface area contributed by atoms with E-state index in [2.05, 4.69) is 5.32 Å². The van der Waals surface area contributed by atoms with Crippen LogP contribution in [0.25, 0.3) is 0 Å². The van der Waals surface area contributed by atoms with Gasteiger partial charge < -0.3 is 5.32 Å². The molecule has 0 aliphatic carbocycles. The van der Waals surface area contributed by atoms with Crippen LogP contribution in [-0.4, -0.2) is 23.5 Å². The summed E-state index contributed by atoms with van der Waals surface area (Å²) in [6.45, 7) is 4.32. The SMILES string of the molecule is CSC(C)(C)CNC(=O)Cc1cc(F)c(F)cc1F. The van der Waals surface area contributed by atoms with Crippen LogP contribution in [0.1, 0.15) is 19.4 Å². The molecule has 0 unspecified atom stereocenters. The van der Waals surface area contributed by atoms with Crippen molar-refractivity contribution in [3.8, 4) is 0 Å². The van der Waals surface area contributed by atoms with E-state index >= 15 is 0 Å². The van der Waals surface area contributed by atoms with Crippen LogP contribution in [0.2, 0.25) is 0 Å². The maximum Gasteiger partial charge on any atom is 0.224 e. The number of nitrogens with one attached hydrogen (secondary N) is 1. The minimum absolute atomic E-state index is 0.137. The summed E-state index contributed by atoms with van der Waals surface area (Å²) in [6.07, 6.45) is 1.61. The Labute approximate surface area is 114 Å². The molecule has 106 valence electrons. The molecule has 0 heterocycles. The van der Waals surface area contributed by atoms with Gasteiger partial charge in [-0.15, -0.1) is 0 Å². The van der Waals surface area contributed by atoms with E-state index in [0.717, 1.165) is 0 Å². The molecule has 1 amide bonds. The molecular formula is C13H16F3NOS. The van der Waals surface area contributed by atoms with E-state index in [1.54, 1.807) is 11.8 Å². The Balaban J connectivity index is 2.65. The fraction of sp³-hybridized carbons (Fsp3) is 0.462. The highest BCUT2D eigenvalue weighted by Crippen LogP contribution is 2.19. The number of hydrogen-bond acceptors (Lipinski definition) is 2. The molecule has 2 nitrogen and oxygen atoms in total. The molecule has 1 aromatic carbocycles. The van der Waals surface area contributed by atoms with Crippen LogP contribution >= 0.6 is 11.8 Å². The van der Waals surface area contributed by atoms with Crippen molar-refractivity contribution < 1.29 is 18.0 Å². The lowest BCUT2D eigenvalue weighted by atomic mass is 10.1. The van der Waals surface area contributed by atoms with Crippen molar-refractivity contribution in [1.29, 1.82) is 0 Å². The zero-order chi connectivity index (χ0) is 14.6. The van der Waals surface area contributed by atoms with Crippen molar-refractivity contribution in [1.82, 2.24) is 5.32 Å². The molecule has 1 N–H and O–H groups in total. The van der Waals surface area contributed by atoms with Gasteiger partial charge in [0.1, 0.15) is 5.82 Å². The largest absolute Gasteiger partial charge is 0.354 e. The first-order valence-electron chi connectivity index (χ1n) is 5.70. The molecule has 0 fully saturated rings. The van der Waals surface area contributed by atoms with Gasteiger partial charge in [-0.05, 0) is 26.2 Å². The summed E-state index contributed by atoms with van der Waals surface area (Å²) in [5.74, 6) is -3.76. The number of rotatable bonds is 5. The predicted octanol–water partition coefficient (Wildman–Crippen LogP) is 2.90. The molecule has 0 saturated heterocycles. The fourth-order valence-corrected chi connectivity index (χ4v) is 1.53. The van der Waals surface area contributed by atoms with Gasteiger partial charge in [0.15, 0.2) is 11.6 Å². The normalized spacial score (nSPS) is 11.5. The van der Waals surface area contributed by atoms with Crippen molar-refractivity contribution in [3.05, 3.63) is 35.1 Å². The van der Waals surface area contributed by atoms with Crippen LogP contribution in [0.15, 0.2) is 12.1 Å². The quantitative estimate of drug-likeness (QED) is 0.845. The maximum atomic E-state index is 13.3. The number of benzene rings is 1. The average molecular weight is 291 g/mol. The number of carbonyl (C=O) groups excluding carboxylic acids is 1. The second-order valence-electron chi connectivity index (χ2n) is 4.78. The Morgan fingerprint density at radius 2 is 1.79 bits per heavy atom. The molecule has 0 aliphatic heterocycles. The van der Waals surface area contributed by atoms with E-state index in [0.29, 0.717) is 18.7 Å². The number of halogens is 3. The molecule has 0 aliphatic rings. The average Bonchev–Trinajstić information content (AvgIpc) is 2.34. The van der Waals surface area contributed by atoms with Gasteiger partial charge in [-0.2, -0.15) is 11.8 Å². The minimum Gasteiger partial charge on any atom is -0.354 e. The Morgan fingerprint density at radius 3 is 2.37 bits per heavy atom. The minimum atomic E-state index is -1.26. The molecule has 0 radical (unpaired) electrons. The first-order valence-corrected chi connectivity index (χ1v) is 6.93. The van der Waals surface area contributed by atoms with Crippen LogP contribution in [0.4, 0.5) is 13.2 Å². The lowest BCUT2D eigenvalue weighted by Crippen LogP contribution is -2.37. The first-order chi connectivity index (χ1) is 8.75. The first kappa shape index (κ1) is 15.9. The zero-order valence-corrected chi connectivity index (χ0v) is 11.8.